The minimum absolute atomic E-state index is 0.797. The molecule has 3 nitrogen and oxygen atoms in total. The van der Waals surface area contributed by atoms with Crippen LogP contribution in [0.1, 0.15) is 0 Å². The Kier molecular flexibility index (Phi) is 4.47. The quantitative estimate of drug-likeness (QED) is 0.372. The van der Waals surface area contributed by atoms with Crippen molar-refractivity contribution in [3.05, 3.63) is 115 Å². The largest absolute Gasteiger partial charge is 0.237 e. The fourth-order valence-electron chi connectivity index (χ4n) is 3.60. The van der Waals surface area contributed by atoms with E-state index in [1.54, 1.807) is 6.20 Å². The van der Waals surface area contributed by atoms with Gasteiger partial charge >= 0.3 is 0 Å². The Morgan fingerprint density at radius 2 is 1.07 bits per heavy atom. The van der Waals surface area contributed by atoms with Gasteiger partial charge in [-0.3, -0.25) is 0 Å². The zero-order valence-corrected chi connectivity index (χ0v) is 15.8. The van der Waals surface area contributed by atoms with Crippen LogP contribution < -0.4 is 0 Å². The van der Waals surface area contributed by atoms with Crippen molar-refractivity contribution in [2.75, 3.05) is 0 Å². The highest BCUT2D eigenvalue weighted by Crippen LogP contribution is 2.40. The number of benzene rings is 3. The first-order chi connectivity index (χ1) is 14.4. The maximum absolute atomic E-state index is 5.06. The molecule has 2 aromatic heterocycles. The van der Waals surface area contributed by atoms with Crippen molar-refractivity contribution in [1.82, 2.24) is 14.8 Å². The number of aromatic nitrogens is 3. The minimum atomic E-state index is 0.797. The average molecular weight is 373 g/mol. The molecular weight excluding hydrogens is 354 g/mol. The lowest BCUT2D eigenvalue weighted by atomic mass is 9.96. The second kappa shape index (κ2) is 7.56. The van der Waals surface area contributed by atoms with Crippen LogP contribution in [-0.4, -0.2) is 14.8 Å². The van der Waals surface area contributed by atoms with Gasteiger partial charge in [0.25, 0.3) is 0 Å². The topological polar surface area (TPSA) is 30.7 Å². The molecular formula is C26H19N3. The summed E-state index contributed by atoms with van der Waals surface area (Å²) in [5, 5.41) is 5.06. The standard InChI is InChI=1S/C26H19N3/c1-4-12-20(13-5-1)24-25(21-14-6-2-7-15-21)28-29(23-18-10-11-19-27-23)26(24)22-16-8-3-9-17-22/h1-19H. The van der Waals surface area contributed by atoms with E-state index in [1.165, 1.54) is 0 Å². The lowest BCUT2D eigenvalue weighted by Gasteiger charge is -2.10. The molecule has 0 saturated heterocycles. The van der Waals surface area contributed by atoms with Crippen molar-refractivity contribution in [2.45, 2.75) is 0 Å². The van der Waals surface area contributed by atoms with Gasteiger partial charge in [0.05, 0.1) is 5.69 Å². The molecule has 3 aromatic carbocycles. The predicted octanol–water partition coefficient (Wildman–Crippen LogP) is 6.27. The van der Waals surface area contributed by atoms with Gasteiger partial charge < -0.3 is 0 Å². The van der Waals surface area contributed by atoms with Gasteiger partial charge in [0, 0.05) is 22.9 Å². The SMILES string of the molecule is c1ccc(-c2nn(-c3ccccn3)c(-c3ccccc3)c2-c2ccccc2)cc1. The molecule has 0 bridgehead atoms. The average Bonchev–Trinajstić information content (AvgIpc) is 3.22. The van der Waals surface area contributed by atoms with Crippen molar-refractivity contribution in [3.63, 3.8) is 0 Å². The maximum atomic E-state index is 5.06. The predicted molar refractivity (Wildman–Crippen MR) is 118 cm³/mol. The molecule has 138 valence electrons. The van der Waals surface area contributed by atoms with E-state index in [0.717, 1.165) is 39.5 Å². The van der Waals surface area contributed by atoms with E-state index in [4.69, 9.17) is 5.10 Å². The molecule has 0 atom stereocenters. The first-order valence-electron chi connectivity index (χ1n) is 9.62. The van der Waals surface area contributed by atoms with E-state index in [-0.39, 0.29) is 0 Å². The van der Waals surface area contributed by atoms with E-state index >= 15 is 0 Å². The van der Waals surface area contributed by atoms with Gasteiger partial charge in [-0.05, 0) is 17.7 Å². The van der Waals surface area contributed by atoms with Crippen molar-refractivity contribution >= 4 is 0 Å². The second-order valence-electron chi connectivity index (χ2n) is 6.77. The lowest BCUT2D eigenvalue weighted by Crippen LogP contribution is -2.01. The summed E-state index contributed by atoms with van der Waals surface area (Å²) in [6.07, 6.45) is 1.80. The van der Waals surface area contributed by atoms with Crippen molar-refractivity contribution in [1.29, 1.82) is 0 Å². The Hall–Kier alpha value is -3.98. The number of hydrogen-bond acceptors (Lipinski definition) is 2. The van der Waals surface area contributed by atoms with Crippen LogP contribution in [0.5, 0.6) is 0 Å². The third-order valence-electron chi connectivity index (χ3n) is 4.91. The first-order valence-corrected chi connectivity index (χ1v) is 9.62. The highest BCUT2D eigenvalue weighted by atomic mass is 15.3. The van der Waals surface area contributed by atoms with Gasteiger partial charge in [0.1, 0.15) is 5.69 Å². The molecule has 0 aliphatic carbocycles. The molecule has 0 aliphatic heterocycles. The molecule has 0 N–H and O–H groups in total. The molecule has 0 radical (unpaired) electrons. The third kappa shape index (κ3) is 3.23. The number of nitrogens with zero attached hydrogens (tertiary/aromatic N) is 3. The summed E-state index contributed by atoms with van der Waals surface area (Å²) in [6.45, 7) is 0. The zero-order chi connectivity index (χ0) is 19.5. The van der Waals surface area contributed by atoms with Gasteiger partial charge in [-0.25, -0.2) is 9.67 Å². The number of hydrogen-bond donors (Lipinski definition) is 0. The number of pyridine rings is 1. The van der Waals surface area contributed by atoms with Gasteiger partial charge in [0.15, 0.2) is 5.82 Å². The van der Waals surface area contributed by atoms with Crippen LogP contribution in [0.25, 0.3) is 39.5 Å². The summed E-state index contributed by atoms with van der Waals surface area (Å²) in [7, 11) is 0. The minimum Gasteiger partial charge on any atom is -0.237 e. The van der Waals surface area contributed by atoms with E-state index in [1.807, 2.05) is 53.2 Å². The first kappa shape index (κ1) is 17.1. The molecule has 5 rings (SSSR count). The molecule has 0 saturated carbocycles. The van der Waals surface area contributed by atoms with E-state index < -0.39 is 0 Å². The van der Waals surface area contributed by atoms with E-state index in [0.29, 0.717) is 0 Å². The van der Waals surface area contributed by atoms with Gasteiger partial charge in [-0.15, -0.1) is 0 Å². The summed E-state index contributed by atoms with van der Waals surface area (Å²) >= 11 is 0. The van der Waals surface area contributed by atoms with Crippen molar-refractivity contribution < 1.29 is 0 Å². The van der Waals surface area contributed by atoms with Crippen LogP contribution in [0.3, 0.4) is 0 Å². The lowest BCUT2D eigenvalue weighted by molar-refractivity contribution is 0.857. The molecule has 0 amide bonds. The summed E-state index contributed by atoms with van der Waals surface area (Å²) < 4.78 is 1.96. The molecule has 2 heterocycles. The van der Waals surface area contributed by atoms with Crippen LogP contribution in [0, 0.1) is 0 Å². The zero-order valence-electron chi connectivity index (χ0n) is 15.8. The fraction of sp³-hybridized carbons (Fsp3) is 0. The van der Waals surface area contributed by atoms with Gasteiger partial charge in [0.2, 0.25) is 0 Å². The third-order valence-corrected chi connectivity index (χ3v) is 4.91. The number of rotatable bonds is 4. The van der Waals surface area contributed by atoms with Crippen LogP contribution in [0.2, 0.25) is 0 Å². The summed E-state index contributed by atoms with van der Waals surface area (Å²) in [5.74, 6) is 0.797. The molecule has 0 unspecified atom stereocenters. The Morgan fingerprint density at radius 1 is 0.517 bits per heavy atom. The summed E-state index contributed by atoms with van der Waals surface area (Å²) in [6, 6.07) is 37.1. The van der Waals surface area contributed by atoms with Crippen molar-refractivity contribution in [3.8, 4) is 39.5 Å². The molecule has 29 heavy (non-hydrogen) atoms. The fourth-order valence-corrected chi connectivity index (χ4v) is 3.60. The van der Waals surface area contributed by atoms with Crippen LogP contribution >= 0.6 is 0 Å². The summed E-state index contributed by atoms with van der Waals surface area (Å²) in [5.41, 5.74) is 6.40. The van der Waals surface area contributed by atoms with Gasteiger partial charge in [-0.1, -0.05) is 97.1 Å². The van der Waals surface area contributed by atoms with Crippen LogP contribution in [0.4, 0.5) is 0 Å². The van der Waals surface area contributed by atoms with E-state index in [2.05, 4.69) is 65.6 Å². The second-order valence-corrected chi connectivity index (χ2v) is 6.77. The smallest absolute Gasteiger partial charge is 0.154 e. The van der Waals surface area contributed by atoms with Crippen LogP contribution in [0.15, 0.2) is 115 Å². The van der Waals surface area contributed by atoms with E-state index in [9.17, 15) is 0 Å². The highest BCUT2D eigenvalue weighted by molar-refractivity contribution is 5.92. The molecule has 5 aromatic rings. The molecule has 3 heteroatoms. The maximum Gasteiger partial charge on any atom is 0.154 e. The molecule has 0 spiro atoms. The summed E-state index contributed by atoms with van der Waals surface area (Å²) in [4.78, 5) is 4.58. The normalized spacial score (nSPS) is 10.8. The van der Waals surface area contributed by atoms with Gasteiger partial charge in [-0.2, -0.15) is 5.10 Å². The Bertz CT molecular complexity index is 1120. The highest BCUT2D eigenvalue weighted by Gasteiger charge is 2.23. The monoisotopic (exact) mass is 373 g/mol. The Labute approximate surface area is 169 Å². The molecule has 0 aliphatic rings. The molecule has 0 fully saturated rings. The van der Waals surface area contributed by atoms with Crippen molar-refractivity contribution in [2.24, 2.45) is 0 Å². The Morgan fingerprint density at radius 3 is 1.66 bits per heavy atom. The van der Waals surface area contributed by atoms with Crippen LogP contribution in [-0.2, 0) is 0 Å². The Balaban J connectivity index is 1.89.